The quantitative estimate of drug-likeness (QED) is 0.412. The molecular formula is C21H20N8O. The SMILES string of the molecule is CCC(c1nc(N)c2[nH]cnc2n1)c1cc(-c2c[nH]c3ncccc23)cnc1OC. The summed E-state index contributed by atoms with van der Waals surface area (Å²) >= 11 is 0. The van der Waals surface area contributed by atoms with Crippen molar-refractivity contribution >= 4 is 28.0 Å². The minimum Gasteiger partial charge on any atom is -0.481 e. The zero-order valence-electron chi connectivity index (χ0n) is 16.5. The standard InChI is InChI=1S/C21H20N8O/c1-3-12(19-28-17(22)16-20(29-19)27-10-26-16)14-7-11(8-25-21(14)30-2)15-9-24-18-13(15)5-4-6-23-18/h4-10,12H,3H2,1-2H3,(H,23,24)(H3,22,26,27,28,29). The number of anilines is 1. The maximum absolute atomic E-state index is 6.13. The van der Waals surface area contributed by atoms with Crippen molar-refractivity contribution in [3.63, 3.8) is 0 Å². The number of H-pyrrole nitrogens is 2. The summed E-state index contributed by atoms with van der Waals surface area (Å²) in [7, 11) is 1.61. The van der Waals surface area contributed by atoms with E-state index in [0.717, 1.165) is 34.1 Å². The molecule has 1 unspecified atom stereocenters. The number of aromatic amines is 2. The van der Waals surface area contributed by atoms with E-state index in [1.165, 1.54) is 0 Å². The minimum absolute atomic E-state index is 0.154. The number of nitrogens with zero attached hydrogens (tertiary/aromatic N) is 5. The largest absolute Gasteiger partial charge is 0.481 e. The van der Waals surface area contributed by atoms with Crippen LogP contribution in [0.1, 0.15) is 30.7 Å². The summed E-state index contributed by atoms with van der Waals surface area (Å²) in [6.07, 6.45) is 7.81. The van der Waals surface area contributed by atoms with Crippen molar-refractivity contribution in [2.24, 2.45) is 0 Å². The van der Waals surface area contributed by atoms with Crippen molar-refractivity contribution in [2.75, 3.05) is 12.8 Å². The Morgan fingerprint density at radius 2 is 2.07 bits per heavy atom. The Morgan fingerprint density at radius 3 is 2.90 bits per heavy atom. The molecule has 0 amide bonds. The molecule has 5 aromatic rings. The monoisotopic (exact) mass is 400 g/mol. The zero-order valence-corrected chi connectivity index (χ0v) is 16.5. The molecule has 0 radical (unpaired) electrons. The fourth-order valence-corrected chi connectivity index (χ4v) is 3.80. The molecule has 4 N–H and O–H groups in total. The Labute approximate surface area is 171 Å². The van der Waals surface area contributed by atoms with Gasteiger partial charge < -0.3 is 20.4 Å². The van der Waals surface area contributed by atoms with E-state index in [4.69, 9.17) is 10.5 Å². The summed E-state index contributed by atoms with van der Waals surface area (Å²) in [4.78, 5) is 28.5. The van der Waals surface area contributed by atoms with Gasteiger partial charge in [-0.15, -0.1) is 0 Å². The van der Waals surface area contributed by atoms with Crippen LogP contribution >= 0.6 is 0 Å². The maximum atomic E-state index is 6.13. The first-order valence-corrected chi connectivity index (χ1v) is 9.62. The highest BCUT2D eigenvalue weighted by atomic mass is 16.5. The molecule has 9 nitrogen and oxygen atoms in total. The third kappa shape index (κ3) is 2.83. The van der Waals surface area contributed by atoms with Gasteiger partial charge in [0.25, 0.3) is 0 Å². The summed E-state index contributed by atoms with van der Waals surface area (Å²) in [6, 6.07) is 6.02. The van der Waals surface area contributed by atoms with Gasteiger partial charge in [-0.3, -0.25) is 0 Å². The molecule has 30 heavy (non-hydrogen) atoms. The first-order chi connectivity index (χ1) is 14.7. The third-order valence-electron chi connectivity index (χ3n) is 5.26. The molecule has 0 aliphatic heterocycles. The average molecular weight is 400 g/mol. The summed E-state index contributed by atoms with van der Waals surface area (Å²) in [5.74, 6) is 1.34. The molecule has 5 heterocycles. The molecule has 0 aliphatic carbocycles. The summed E-state index contributed by atoms with van der Waals surface area (Å²) < 4.78 is 5.57. The van der Waals surface area contributed by atoms with Gasteiger partial charge in [0.05, 0.1) is 13.4 Å². The second-order valence-corrected chi connectivity index (χ2v) is 6.95. The minimum atomic E-state index is -0.154. The van der Waals surface area contributed by atoms with Gasteiger partial charge in [-0.25, -0.2) is 24.9 Å². The number of nitrogens with two attached hydrogens (primary N) is 1. The lowest BCUT2D eigenvalue weighted by Gasteiger charge is -2.18. The lowest BCUT2D eigenvalue weighted by molar-refractivity contribution is 0.389. The van der Waals surface area contributed by atoms with Crippen molar-refractivity contribution < 1.29 is 4.74 Å². The lowest BCUT2D eigenvalue weighted by atomic mass is 9.94. The van der Waals surface area contributed by atoms with Crippen LogP contribution in [-0.2, 0) is 0 Å². The van der Waals surface area contributed by atoms with Crippen molar-refractivity contribution in [3.05, 3.63) is 54.5 Å². The molecular weight excluding hydrogens is 380 g/mol. The highest BCUT2D eigenvalue weighted by molar-refractivity contribution is 5.93. The second-order valence-electron chi connectivity index (χ2n) is 6.95. The summed E-state index contributed by atoms with van der Waals surface area (Å²) in [5, 5.41) is 1.03. The van der Waals surface area contributed by atoms with Gasteiger partial charge in [0, 0.05) is 46.6 Å². The molecule has 0 bridgehead atoms. The molecule has 5 rings (SSSR count). The highest BCUT2D eigenvalue weighted by Gasteiger charge is 2.23. The smallest absolute Gasteiger partial charge is 0.217 e. The first-order valence-electron chi connectivity index (χ1n) is 9.62. The molecule has 9 heteroatoms. The summed E-state index contributed by atoms with van der Waals surface area (Å²) in [5.41, 5.74) is 11.0. The van der Waals surface area contributed by atoms with Crippen molar-refractivity contribution in [2.45, 2.75) is 19.3 Å². The Hall–Kier alpha value is -4.01. The third-order valence-corrected chi connectivity index (χ3v) is 5.26. The van der Waals surface area contributed by atoms with Crippen LogP contribution in [0, 0.1) is 0 Å². The van der Waals surface area contributed by atoms with E-state index in [1.807, 2.05) is 18.3 Å². The van der Waals surface area contributed by atoms with E-state index in [1.54, 1.807) is 25.8 Å². The van der Waals surface area contributed by atoms with Crippen LogP contribution in [-0.4, -0.2) is 42.0 Å². The van der Waals surface area contributed by atoms with Gasteiger partial charge >= 0.3 is 0 Å². The van der Waals surface area contributed by atoms with E-state index >= 15 is 0 Å². The number of pyridine rings is 2. The van der Waals surface area contributed by atoms with E-state index in [-0.39, 0.29) is 5.92 Å². The van der Waals surface area contributed by atoms with Crippen LogP contribution in [0.4, 0.5) is 5.82 Å². The normalized spacial score (nSPS) is 12.5. The number of hydrogen-bond acceptors (Lipinski definition) is 7. The molecule has 0 saturated heterocycles. The number of aromatic nitrogens is 7. The average Bonchev–Trinajstić information content (AvgIpc) is 3.41. The second kappa shape index (κ2) is 7.11. The highest BCUT2D eigenvalue weighted by Crippen LogP contribution is 2.36. The Kier molecular flexibility index (Phi) is 4.27. The number of rotatable bonds is 5. The van der Waals surface area contributed by atoms with Crippen molar-refractivity contribution in [1.29, 1.82) is 0 Å². The number of hydrogen-bond donors (Lipinski definition) is 3. The fourth-order valence-electron chi connectivity index (χ4n) is 3.80. The number of nitrogens with one attached hydrogen (secondary N) is 2. The number of ether oxygens (including phenoxy) is 1. The first kappa shape index (κ1) is 18.0. The molecule has 1 atom stereocenters. The van der Waals surface area contributed by atoms with Crippen LogP contribution in [0.25, 0.3) is 33.3 Å². The Bertz CT molecular complexity index is 1360. The number of fused-ring (bicyclic) bond motifs is 2. The van der Waals surface area contributed by atoms with Gasteiger partial charge in [0.15, 0.2) is 11.5 Å². The predicted molar refractivity (Wildman–Crippen MR) is 114 cm³/mol. The number of imidazole rings is 1. The van der Waals surface area contributed by atoms with Gasteiger partial charge in [-0.2, -0.15) is 0 Å². The molecule has 150 valence electrons. The topological polar surface area (TPSA) is 131 Å². The van der Waals surface area contributed by atoms with Crippen LogP contribution in [0.15, 0.2) is 43.1 Å². The van der Waals surface area contributed by atoms with E-state index in [2.05, 4.69) is 47.9 Å². The van der Waals surface area contributed by atoms with Gasteiger partial charge in [0.1, 0.15) is 17.0 Å². The van der Waals surface area contributed by atoms with E-state index < -0.39 is 0 Å². The molecule has 5 aromatic heterocycles. The summed E-state index contributed by atoms with van der Waals surface area (Å²) in [6.45, 7) is 2.07. The van der Waals surface area contributed by atoms with Gasteiger partial charge in [-0.1, -0.05) is 6.92 Å². The zero-order chi connectivity index (χ0) is 20.7. The molecule has 0 spiro atoms. The molecule has 0 saturated carbocycles. The molecule has 0 aliphatic rings. The van der Waals surface area contributed by atoms with Gasteiger partial charge in [0.2, 0.25) is 5.88 Å². The molecule has 0 fully saturated rings. The lowest BCUT2D eigenvalue weighted by Crippen LogP contribution is -2.10. The van der Waals surface area contributed by atoms with Crippen LogP contribution < -0.4 is 10.5 Å². The molecule has 0 aromatic carbocycles. The number of methoxy groups -OCH3 is 1. The van der Waals surface area contributed by atoms with Crippen molar-refractivity contribution in [3.8, 4) is 17.0 Å². The Balaban J connectivity index is 1.66. The maximum Gasteiger partial charge on any atom is 0.217 e. The van der Waals surface area contributed by atoms with Crippen molar-refractivity contribution in [1.82, 2.24) is 34.9 Å². The van der Waals surface area contributed by atoms with Crippen LogP contribution in [0.2, 0.25) is 0 Å². The predicted octanol–water partition coefficient (Wildman–Crippen LogP) is 3.42. The van der Waals surface area contributed by atoms with Gasteiger partial charge in [-0.05, 0) is 24.6 Å². The van der Waals surface area contributed by atoms with Crippen LogP contribution in [0.5, 0.6) is 5.88 Å². The van der Waals surface area contributed by atoms with E-state index in [9.17, 15) is 0 Å². The van der Waals surface area contributed by atoms with E-state index in [0.29, 0.717) is 28.7 Å². The fraction of sp³-hybridized carbons (Fsp3) is 0.190. The Morgan fingerprint density at radius 1 is 1.17 bits per heavy atom. The number of nitrogen functional groups attached to an aromatic ring is 1. The van der Waals surface area contributed by atoms with Crippen LogP contribution in [0.3, 0.4) is 0 Å².